The molecule has 0 atom stereocenters. The highest BCUT2D eigenvalue weighted by atomic mass is 32.2. The molecule has 0 fully saturated rings. The van der Waals surface area contributed by atoms with Gasteiger partial charge in [-0.05, 0) is 42.7 Å². The summed E-state index contributed by atoms with van der Waals surface area (Å²) in [6, 6.07) is 15.0. The summed E-state index contributed by atoms with van der Waals surface area (Å²) in [7, 11) is 0.469. The number of thiazole rings is 1. The van der Waals surface area contributed by atoms with Gasteiger partial charge < -0.3 is 4.90 Å². The third-order valence-electron chi connectivity index (χ3n) is 5.00. The van der Waals surface area contributed by atoms with Crippen molar-refractivity contribution in [3.05, 3.63) is 59.5 Å². The Bertz CT molecular complexity index is 1170. The maximum Gasteiger partial charge on any atom is 0.243 e. The summed E-state index contributed by atoms with van der Waals surface area (Å²) in [6.45, 7) is 5.00. The van der Waals surface area contributed by atoms with Gasteiger partial charge in [-0.1, -0.05) is 38.1 Å². The number of hydrogen-bond acceptors (Lipinski definition) is 7. The van der Waals surface area contributed by atoms with Gasteiger partial charge in [0, 0.05) is 43.8 Å². The third kappa shape index (κ3) is 6.40. The minimum atomic E-state index is -3.54. The van der Waals surface area contributed by atoms with Crippen molar-refractivity contribution >= 4 is 38.4 Å². The smallest absolute Gasteiger partial charge is 0.243 e. The van der Waals surface area contributed by atoms with Gasteiger partial charge in [-0.2, -0.15) is 9.41 Å². The van der Waals surface area contributed by atoms with Crippen LogP contribution >= 0.6 is 11.3 Å². The molecule has 3 aromatic rings. The first-order valence-corrected chi connectivity index (χ1v) is 13.3. The van der Waals surface area contributed by atoms with E-state index in [0.29, 0.717) is 28.8 Å². The van der Waals surface area contributed by atoms with E-state index < -0.39 is 10.0 Å². The molecule has 0 aliphatic carbocycles. The fourth-order valence-electron chi connectivity index (χ4n) is 3.29. The van der Waals surface area contributed by atoms with Crippen molar-refractivity contribution in [2.45, 2.75) is 31.6 Å². The first-order chi connectivity index (χ1) is 15.8. The Morgan fingerprint density at radius 3 is 2.39 bits per heavy atom. The molecule has 0 unspecified atom stereocenters. The Morgan fingerprint density at radius 1 is 1.06 bits per heavy atom. The van der Waals surface area contributed by atoms with Crippen molar-refractivity contribution in [1.29, 1.82) is 0 Å². The largest absolute Gasteiger partial charge is 0.378 e. The summed E-state index contributed by atoms with van der Waals surface area (Å²) >= 11 is 1.42. The van der Waals surface area contributed by atoms with Gasteiger partial charge in [-0.25, -0.2) is 13.4 Å². The Balaban J connectivity index is 1.72. The third-order valence-corrected chi connectivity index (χ3v) is 7.64. The van der Waals surface area contributed by atoms with Crippen molar-refractivity contribution in [2.24, 2.45) is 5.10 Å². The number of anilines is 2. The number of hydrogen-bond donors (Lipinski definition) is 1. The van der Waals surface area contributed by atoms with E-state index in [2.05, 4.69) is 15.5 Å². The second-order valence-corrected chi connectivity index (χ2v) is 10.6. The van der Waals surface area contributed by atoms with E-state index in [1.807, 2.05) is 68.6 Å². The van der Waals surface area contributed by atoms with Crippen LogP contribution in [-0.2, 0) is 10.0 Å². The van der Waals surface area contributed by atoms with Gasteiger partial charge in [-0.15, -0.1) is 11.3 Å². The lowest BCUT2D eigenvalue weighted by Crippen LogP contribution is -2.32. The molecule has 0 radical (unpaired) electrons. The highest BCUT2D eigenvalue weighted by Gasteiger charge is 2.23. The lowest BCUT2D eigenvalue weighted by molar-refractivity contribution is 0.410. The van der Waals surface area contributed by atoms with Crippen LogP contribution in [0.3, 0.4) is 0 Å². The van der Waals surface area contributed by atoms with Crippen LogP contribution in [0.1, 0.15) is 32.3 Å². The molecule has 0 spiro atoms. The molecular weight excluding hydrogens is 454 g/mol. The van der Waals surface area contributed by atoms with E-state index >= 15 is 0 Å². The van der Waals surface area contributed by atoms with Crippen LogP contribution in [0.15, 0.2) is 63.9 Å². The SMILES string of the molecule is CCCN(CCC)S(=O)(=O)c1cccc(-c2csc(NN=Cc3ccc(N(C)C)cc3)n2)c1. The molecular formula is C24H31N5O2S2. The first kappa shape index (κ1) is 24.9. The van der Waals surface area contributed by atoms with Gasteiger partial charge in [0.15, 0.2) is 0 Å². The number of benzene rings is 2. The molecule has 1 N–H and O–H groups in total. The van der Waals surface area contributed by atoms with Crippen molar-refractivity contribution in [1.82, 2.24) is 9.29 Å². The van der Waals surface area contributed by atoms with Crippen molar-refractivity contribution in [3.63, 3.8) is 0 Å². The fourth-order valence-corrected chi connectivity index (χ4v) is 5.63. The second kappa shape index (κ2) is 11.4. The van der Waals surface area contributed by atoms with E-state index in [-0.39, 0.29) is 0 Å². The topological polar surface area (TPSA) is 77.9 Å². The minimum Gasteiger partial charge on any atom is -0.378 e. The highest BCUT2D eigenvalue weighted by molar-refractivity contribution is 7.89. The Morgan fingerprint density at radius 2 is 1.76 bits per heavy atom. The molecule has 33 heavy (non-hydrogen) atoms. The summed E-state index contributed by atoms with van der Waals surface area (Å²) in [5.74, 6) is 0. The number of sulfonamides is 1. The molecule has 0 bridgehead atoms. The van der Waals surface area contributed by atoms with Crippen LogP contribution in [0.25, 0.3) is 11.3 Å². The predicted octanol–water partition coefficient (Wildman–Crippen LogP) is 5.13. The molecule has 7 nitrogen and oxygen atoms in total. The summed E-state index contributed by atoms with van der Waals surface area (Å²) in [5.41, 5.74) is 6.53. The molecule has 2 aromatic carbocycles. The van der Waals surface area contributed by atoms with E-state index in [0.717, 1.165) is 29.7 Å². The molecule has 0 saturated heterocycles. The number of aromatic nitrogens is 1. The molecule has 176 valence electrons. The standard InChI is InChI=1S/C24H31N5O2S2/c1-5-14-29(15-6-2)33(30,31)22-9-7-8-20(16-22)23-18-32-24(26-23)27-25-17-19-10-12-21(13-11-19)28(3)4/h7-13,16-18H,5-6,14-15H2,1-4H3,(H,26,27). The van der Waals surface area contributed by atoms with Crippen LogP contribution in [0, 0.1) is 0 Å². The number of nitrogens with one attached hydrogen (secondary N) is 1. The number of rotatable bonds is 11. The zero-order chi connectivity index (χ0) is 23.8. The predicted molar refractivity (Wildman–Crippen MR) is 139 cm³/mol. The molecule has 9 heteroatoms. The molecule has 0 amide bonds. The quantitative estimate of drug-likeness (QED) is 0.301. The Hall–Kier alpha value is -2.75. The van der Waals surface area contributed by atoms with Crippen LogP contribution in [-0.4, -0.2) is 51.1 Å². The van der Waals surface area contributed by atoms with Crippen molar-refractivity contribution in [2.75, 3.05) is 37.5 Å². The maximum atomic E-state index is 13.1. The lowest BCUT2D eigenvalue weighted by atomic mass is 10.2. The number of nitrogens with zero attached hydrogens (tertiary/aromatic N) is 4. The summed E-state index contributed by atoms with van der Waals surface area (Å²) in [5, 5.41) is 6.80. The highest BCUT2D eigenvalue weighted by Crippen LogP contribution is 2.28. The monoisotopic (exact) mass is 485 g/mol. The van der Waals surface area contributed by atoms with Gasteiger partial charge in [0.05, 0.1) is 16.8 Å². The van der Waals surface area contributed by atoms with E-state index in [1.165, 1.54) is 11.3 Å². The zero-order valence-electron chi connectivity index (χ0n) is 19.5. The maximum absolute atomic E-state index is 13.1. The normalized spacial score (nSPS) is 11.9. The van der Waals surface area contributed by atoms with E-state index in [4.69, 9.17) is 0 Å². The van der Waals surface area contributed by atoms with Crippen LogP contribution in [0.4, 0.5) is 10.8 Å². The van der Waals surface area contributed by atoms with Crippen LogP contribution < -0.4 is 10.3 Å². The lowest BCUT2D eigenvalue weighted by Gasteiger charge is -2.21. The average molecular weight is 486 g/mol. The minimum absolute atomic E-state index is 0.295. The Kier molecular flexibility index (Phi) is 8.60. The average Bonchev–Trinajstić information content (AvgIpc) is 3.28. The fraction of sp³-hybridized carbons (Fsp3) is 0.333. The zero-order valence-corrected chi connectivity index (χ0v) is 21.2. The molecule has 0 saturated carbocycles. The van der Waals surface area contributed by atoms with Gasteiger partial charge in [0.1, 0.15) is 0 Å². The summed E-state index contributed by atoms with van der Waals surface area (Å²) in [6.07, 6.45) is 3.30. The Labute approximate surface area is 200 Å². The molecule has 3 rings (SSSR count). The van der Waals surface area contributed by atoms with Gasteiger partial charge in [0.2, 0.25) is 15.2 Å². The van der Waals surface area contributed by atoms with Gasteiger partial charge in [-0.3, -0.25) is 5.43 Å². The first-order valence-electron chi connectivity index (χ1n) is 11.0. The number of hydrazone groups is 1. The van der Waals surface area contributed by atoms with Crippen LogP contribution in [0.5, 0.6) is 0 Å². The molecule has 1 heterocycles. The van der Waals surface area contributed by atoms with Gasteiger partial charge in [0.25, 0.3) is 0 Å². The molecule has 1 aromatic heterocycles. The second-order valence-electron chi connectivity index (χ2n) is 7.83. The van der Waals surface area contributed by atoms with Crippen molar-refractivity contribution < 1.29 is 8.42 Å². The van der Waals surface area contributed by atoms with E-state index in [9.17, 15) is 8.42 Å². The van der Waals surface area contributed by atoms with E-state index in [1.54, 1.807) is 28.7 Å². The molecule has 0 aliphatic heterocycles. The van der Waals surface area contributed by atoms with Crippen molar-refractivity contribution in [3.8, 4) is 11.3 Å². The van der Waals surface area contributed by atoms with Gasteiger partial charge >= 0.3 is 0 Å². The molecule has 0 aliphatic rings. The summed E-state index contributed by atoms with van der Waals surface area (Å²) in [4.78, 5) is 6.91. The van der Waals surface area contributed by atoms with Crippen LogP contribution in [0.2, 0.25) is 0 Å². The summed E-state index contributed by atoms with van der Waals surface area (Å²) < 4.78 is 27.8.